The van der Waals surface area contributed by atoms with E-state index in [1.54, 1.807) is 10.7 Å². The molecule has 3 aromatic rings. The van der Waals surface area contributed by atoms with Crippen molar-refractivity contribution in [2.45, 2.75) is 20.4 Å². The number of nitrogens with zero attached hydrogens (tertiary/aromatic N) is 3. The Bertz CT molecular complexity index is 792. The maximum atomic E-state index is 12.2. The average molecular weight is 312 g/mol. The number of amides is 1. The van der Waals surface area contributed by atoms with E-state index >= 15 is 0 Å². The quantitative estimate of drug-likeness (QED) is 0.801. The van der Waals surface area contributed by atoms with Crippen molar-refractivity contribution in [3.8, 4) is 11.3 Å². The number of aryl methyl sites for hydroxylation is 2. The summed E-state index contributed by atoms with van der Waals surface area (Å²) in [4.78, 5) is 16.7. The highest BCUT2D eigenvalue weighted by Gasteiger charge is 2.14. The normalized spacial score (nSPS) is 10.6. The predicted molar refractivity (Wildman–Crippen MR) is 88.1 cm³/mol. The van der Waals surface area contributed by atoms with Crippen LogP contribution in [0.15, 0.2) is 41.8 Å². The summed E-state index contributed by atoms with van der Waals surface area (Å²) in [6.07, 6.45) is 0. The second-order valence-electron chi connectivity index (χ2n) is 4.84. The molecule has 0 aliphatic carbocycles. The molecule has 6 heteroatoms. The minimum Gasteiger partial charge on any atom is -0.296 e. The molecule has 0 atom stereocenters. The molecular formula is C16H16N4OS. The zero-order chi connectivity index (χ0) is 15.5. The van der Waals surface area contributed by atoms with Crippen molar-refractivity contribution in [2.75, 3.05) is 5.32 Å². The van der Waals surface area contributed by atoms with Crippen LogP contribution in [0.5, 0.6) is 0 Å². The van der Waals surface area contributed by atoms with E-state index in [0.29, 0.717) is 10.8 Å². The summed E-state index contributed by atoms with van der Waals surface area (Å²) in [7, 11) is 0. The summed E-state index contributed by atoms with van der Waals surface area (Å²) in [5.41, 5.74) is 3.27. The number of carbonyl (C=O) groups excluding carboxylic acids is 1. The van der Waals surface area contributed by atoms with Crippen LogP contribution in [-0.4, -0.2) is 20.7 Å². The van der Waals surface area contributed by atoms with E-state index in [0.717, 1.165) is 23.5 Å². The molecule has 0 unspecified atom stereocenters. The molecular weight excluding hydrogens is 296 g/mol. The third-order valence-corrected chi connectivity index (χ3v) is 4.07. The number of aromatic nitrogens is 3. The summed E-state index contributed by atoms with van der Waals surface area (Å²) in [6, 6.07) is 11.7. The van der Waals surface area contributed by atoms with Gasteiger partial charge in [-0.1, -0.05) is 30.3 Å². The monoisotopic (exact) mass is 312 g/mol. The van der Waals surface area contributed by atoms with E-state index in [1.165, 1.54) is 11.3 Å². The van der Waals surface area contributed by atoms with E-state index < -0.39 is 0 Å². The lowest BCUT2D eigenvalue weighted by molar-refractivity contribution is 0.102. The van der Waals surface area contributed by atoms with Gasteiger partial charge in [-0.05, 0) is 19.9 Å². The third-order valence-electron chi connectivity index (χ3n) is 3.31. The number of hydrogen-bond donors (Lipinski definition) is 1. The van der Waals surface area contributed by atoms with Crippen LogP contribution in [0.1, 0.15) is 23.1 Å². The standard InChI is InChI=1S/C16H16N4OS/c1-3-20-11(2)9-13(19-20)15(21)18-16-17-14(10-22-16)12-7-5-4-6-8-12/h4-10H,3H2,1-2H3,(H,17,18,21). The fraction of sp³-hybridized carbons (Fsp3) is 0.188. The number of anilines is 1. The van der Waals surface area contributed by atoms with Crippen LogP contribution >= 0.6 is 11.3 Å². The lowest BCUT2D eigenvalue weighted by Crippen LogP contribution is -2.13. The largest absolute Gasteiger partial charge is 0.296 e. The van der Waals surface area contributed by atoms with Gasteiger partial charge in [-0.2, -0.15) is 5.10 Å². The molecule has 0 fully saturated rings. The molecule has 2 aromatic heterocycles. The van der Waals surface area contributed by atoms with Crippen molar-refractivity contribution < 1.29 is 4.79 Å². The number of carbonyl (C=O) groups is 1. The minimum atomic E-state index is -0.232. The van der Waals surface area contributed by atoms with E-state index in [-0.39, 0.29) is 5.91 Å². The first-order valence-electron chi connectivity index (χ1n) is 7.04. The van der Waals surface area contributed by atoms with E-state index in [4.69, 9.17) is 0 Å². The second kappa shape index (κ2) is 6.11. The summed E-state index contributed by atoms with van der Waals surface area (Å²) >= 11 is 1.41. The first-order valence-corrected chi connectivity index (χ1v) is 7.92. The lowest BCUT2D eigenvalue weighted by Gasteiger charge is -1.98. The van der Waals surface area contributed by atoms with Crippen molar-refractivity contribution >= 4 is 22.4 Å². The summed E-state index contributed by atoms with van der Waals surface area (Å²) in [5.74, 6) is -0.232. The van der Waals surface area contributed by atoms with Crippen LogP contribution in [0.2, 0.25) is 0 Å². The Morgan fingerprint density at radius 3 is 2.77 bits per heavy atom. The highest BCUT2D eigenvalue weighted by atomic mass is 32.1. The number of benzene rings is 1. The van der Waals surface area contributed by atoms with Crippen LogP contribution in [0.4, 0.5) is 5.13 Å². The van der Waals surface area contributed by atoms with Crippen molar-refractivity contribution in [1.29, 1.82) is 0 Å². The van der Waals surface area contributed by atoms with Gasteiger partial charge in [-0.15, -0.1) is 11.3 Å². The van der Waals surface area contributed by atoms with Gasteiger partial charge in [-0.25, -0.2) is 4.98 Å². The van der Waals surface area contributed by atoms with Crippen molar-refractivity contribution in [1.82, 2.24) is 14.8 Å². The van der Waals surface area contributed by atoms with Gasteiger partial charge in [0.05, 0.1) is 5.69 Å². The highest BCUT2D eigenvalue weighted by Crippen LogP contribution is 2.24. The van der Waals surface area contributed by atoms with Crippen molar-refractivity contribution in [3.63, 3.8) is 0 Å². The smallest absolute Gasteiger partial charge is 0.277 e. The molecule has 0 radical (unpaired) electrons. The molecule has 112 valence electrons. The Kier molecular flexibility index (Phi) is 4.02. The molecule has 0 saturated carbocycles. The third kappa shape index (κ3) is 2.92. The molecule has 0 aliphatic heterocycles. The van der Waals surface area contributed by atoms with Crippen LogP contribution in [-0.2, 0) is 6.54 Å². The Balaban J connectivity index is 1.76. The van der Waals surface area contributed by atoms with E-state index in [1.807, 2.05) is 49.6 Å². The molecule has 5 nitrogen and oxygen atoms in total. The first kappa shape index (κ1) is 14.5. The molecule has 1 aromatic carbocycles. The molecule has 1 N–H and O–H groups in total. The van der Waals surface area contributed by atoms with Crippen LogP contribution < -0.4 is 5.32 Å². The molecule has 22 heavy (non-hydrogen) atoms. The number of nitrogens with one attached hydrogen (secondary N) is 1. The zero-order valence-electron chi connectivity index (χ0n) is 12.4. The fourth-order valence-electron chi connectivity index (χ4n) is 2.18. The van der Waals surface area contributed by atoms with E-state index in [2.05, 4.69) is 15.4 Å². The molecule has 3 rings (SSSR count). The maximum absolute atomic E-state index is 12.2. The lowest BCUT2D eigenvalue weighted by atomic mass is 10.2. The van der Waals surface area contributed by atoms with Crippen LogP contribution in [0, 0.1) is 6.92 Å². The number of rotatable bonds is 4. The average Bonchev–Trinajstić information content (AvgIpc) is 3.14. The minimum absolute atomic E-state index is 0.232. The van der Waals surface area contributed by atoms with Gasteiger partial charge in [0.2, 0.25) is 0 Å². The van der Waals surface area contributed by atoms with Gasteiger partial charge in [0, 0.05) is 23.2 Å². The number of thiazole rings is 1. The maximum Gasteiger partial charge on any atom is 0.277 e. The van der Waals surface area contributed by atoms with E-state index in [9.17, 15) is 4.79 Å². The summed E-state index contributed by atoms with van der Waals surface area (Å²) in [5, 5.41) is 9.58. The van der Waals surface area contributed by atoms with Gasteiger partial charge in [0.15, 0.2) is 10.8 Å². The van der Waals surface area contributed by atoms with Crippen LogP contribution in [0.3, 0.4) is 0 Å². The van der Waals surface area contributed by atoms with Gasteiger partial charge >= 0.3 is 0 Å². The zero-order valence-corrected chi connectivity index (χ0v) is 13.2. The molecule has 0 spiro atoms. The van der Waals surface area contributed by atoms with Gasteiger partial charge in [-0.3, -0.25) is 14.8 Å². The molecule has 2 heterocycles. The van der Waals surface area contributed by atoms with Crippen molar-refractivity contribution in [2.24, 2.45) is 0 Å². The molecule has 0 saturated heterocycles. The highest BCUT2D eigenvalue weighted by molar-refractivity contribution is 7.14. The molecule has 0 aliphatic rings. The van der Waals surface area contributed by atoms with Gasteiger partial charge in [0.25, 0.3) is 5.91 Å². The van der Waals surface area contributed by atoms with Crippen LogP contribution in [0.25, 0.3) is 11.3 Å². The topological polar surface area (TPSA) is 59.8 Å². The van der Waals surface area contributed by atoms with Gasteiger partial charge in [0.1, 0.15) is 0 Å². The summed E-state index contributed by atoms with van der Waals surface area (Å²) < 4.78 is 1.80. The van der Waals surface area contributed by atoms with Gasteiger partial charge < -0.3 is 0 Å². The second-order valence-corrected chi connectivity index (χ2v) is 5.70. The predicted octanol–water partition coefficient (Wildman–Crippen LogP) is 3.59. The summed E-state index contributed by atoms with van der Waals surface area (Å²) in [6.45, 7) is 4.67. The first-order chi connectivity index (χ1) is 10.7. The molecule has 1 amide bonds. The fourth-order valence-corrected chi connectivity index (χ4v) is 2.89. The Labute approximate surface area is 132 Å². The SMILES string of the molecule is CCn1nc(C(=O)Nc2nc(-c3ccccc3)cs2)cc1C. The molecule has 0 bridgehead atoms. The number of hydrogen-bond acceptors (Lipinski definition) is 4. The van der Waals surface area contributed by atoms with Crippen molar-refractivity contribution in [3.05, 3.63) is 53.2 Å². The Hall–Kier alpha value is -2.47. The Morgan fingerprint density at radius 1 is 1.32 bits per heavy atom. The Morgan fingerprint density at radius 2 is 2.09 bits per heavy atom.